The minimum atomic E-state index is -0.170. The minimum Gasteiger partial charge on any atom is -0.378 e. The second-order valence-electron chi connectivity index (χ2n) is 5.93. The van der Waals surface area contributed by atoms with E-state index in [2.05, 4.69) is 6.92 Å². The van der Waals surface area contributed by atoms with E-state index in [0.717, 1.165) is 25.8 Å². The Morgan fingerprint density at radius 1 is 1.44 bits per heavy atom. The van der Waals surface area contributed by atoms with Crippen LogP contribution in [0.4, 0.5) is 0 Å². The first kappa shape index (κ1) is 13.8. The number of ether oxygens (including phenoxy) is 1. The van der Waals surface area contributed by atoms with Crippen LogP contribution in [-0.4, -0.2) is 42.6 Å². The number of carbonyl (C=O) groups is 1. The Morgan fingerprint density at radius 3 is 2.67 bits per heavy atom. The SMILES string of the molecule is COC1(CC(=O)N2CCCC(C)C2CN)CCC1. The molecule has 1 amide bonds. The topological polar surface area (TPSA) is 55.6 Å². The third-order valence-corrected chi connectivity index (χ3v) is 4.85. The number of hydrogen-bond acceptors (Lipinski definition) is 3. The Balaban J connectivity index is 1.98. The fraction of sp³-hybridized carbons (Fsp3) is 0.929. The number of piperidine rings is 1. The van der Waals surface area contributed by atoms with Gasteiger partial charge in [-0.2, -0.15) is 0 Å². The first-order valence-corrected chi connectivity index (χ1v) is 7.16. The zero-order valence-electron chi connectivity index (χ0n) is 11.7. The standard InChI is InChI=1S/C14H26N2O2/c1-11-5-3-8-16(12(11)10-15)13(17)9-14(18-2)6-4-7-14/h11-12H,3-10,15H2,1-2H3. The summed E-state index contributed by atoms with van der Waals surface area (Å²) in [5.41, 5.74) is 5.67. The lowest BCUT2D eigenvalue weighted by molar-refractivity contribution is -0.148. The van der Waals surface area contributed by atoms with Crippen LogP contribution in [0, 0.1) is 5.92 Å². The van der Waals surface area contributed by atoms with Gasteiger partial charge in [-0.25, -0.2) is 0 Å². The molecule has 18 heavy (non-hydrogen) atoms. The van der Waals surface area contributed by atoms with E-state index in [1.807, 2.05) is 4.90 Å². The predicted molar refractivity (Wildman–Crippen MR) is 71.2 cm³/mol. The molecule has 0 aromatic heterocycles. The van der Waals surface area contributed by atoms with Gasteiger partial charge in [0.1, 0.15) is 0 Å². The number of amides is 1. The fourth-order valence-corrected chi connectivity index (χ4v) is 3.32. The molecule has 2 rings (SSSR count). The number of hydrogen-bond donors (Lipinski definition) is 1. The van der Waals surface area contributed by atoms with E-state index in [-0.39, 0.29) is 17.6 Å². The summed E-state index contributed by atoms with van der Waals surface area (Å²) in [5.74, 6) is 0.756. The van der Waals surface area contributed by atoms with Gasteiger partial charge in [0.05, 0.1) is 12.0 Å². The number of methoxy groups -OCH3 is 1. The average Bonchev–Trinajstić information content (AvgIpc) is 2.33. The van der Waals surface area contributed by atoms with E-state index < -0.39 is 0 Å². The molecule has 0 aromatic carbocycles. The van der Waals surface area contributed by atoms with Crippen molar-refractivity contribution in [2.75, 3.05) is 20.2 Å². The van der Waals surface area contributed by atoms with Crippen LogP contribution in [0.25, 0.3) is 0 Å². The maximum atomic E-state index is 12.5. The highest BCUT2D eigenvalue weighted by molar-refractivity contribution is 5.78. The van der Waals surface area contributed by atoms with Crippen molar-refractivity contribution in [3.63, 3.8) is 0 Å². The largest absolute Gasteiger partial charge is 0.378 e. The van der Waals surface area contributed by atoms with Crippen LogP contribution in [0.3, 0.4) is 0 Å². The van der Waals surface area contributed by atoms with Gasteiger partial charge in [0.2, 0.25) is 5.91 Å². The molecule has 4 heteroatoms. The lowest BCUT2D eigenvalue weighted by Gasteiger charge is -2.44. The van der Waals surface area contributed by atoms with Gasteiger partial charge in [0.25, 0.3) is 0 Å². The van der Waals surface area contributed by atoms with Crippen molar-refractivity contribution in [3.8, 4) is 0 Å². The zero-order chi connectivity index (χ0) is 13.2. The van der Waals surface area contributed by atoms with E-state index in [4.69, 9.17) is 10.5 Å². The number of likely N-dealkylation sites (tertiary alicyclic amines) is 1. The molecule has 2 N–H and O–H groups in total. The van der Waals surface area contributed by atoms with Gasteiger partial charge in [-0.05, 0) is 38.0 Å². The normalized spacial score (nSPS) is 30.9. The van der Waals surface area contributed by atoms with Gasteiger partial charge in [-0.1, -0.05) is 6.92 Å². The average molecular weight is 254 g/mol. The molecule has 4 nitrogen and oxygen atoms in total. The number of rotatable bonds is 4. The lowest BCUT2D eigenvalue weighted by atomic mass is 9.77. The molecular weight excluding hydrogens is 228 g/mol. The summed E-state index contributed by atoms with van der Waals surface area (Å²) in [6.45, 7) is 3.64. The molecule has 2 unspecified atom stereocenters. The maximum Gasteiger partial charge on any atom is 0.225 e. The van der Waals surface area contributed by atoms with E-state index in [1.54, 1.807) is 7.11 Å². The van der Waals surface area contributed by atoms with E-state index >= 15 is 0 Å². The first-order valence-electron chi connectivity index (χ1n) is 7.16. The fourth-order valence-electron chi connectivity index (χ4n) is 3.32. The lowest BCUT2D eigenvalue weighted by Crippen LogP contribution is -2.54. The molecule has 1 saturated carbocycles. The van der Waals surface area contributed by atoms with E-state index in [1.165, 1.54) is 12.8 Å². The van der Waals surface area contributed by atoms with Crippen LogP contribution in [0.1, 0.15) is 45.4 Å². The maximum absolute atomic E-state index is 12.5. The van der Waals surface area contributed by atoms with Gasteiger partial charge in [0.15, 0.2) is 0 Å². The molecule has 0 aromatic rings. The van der Waals surface area contributed by atoms with Gasteiger partial charge in [0, 0.05) is 26.2 Å². The third kappa shape index (κ3) is 2.54. The second kappa shape index (κ2) is 5.57. The Kier molecular flexibility index (Phi) is 4.28. The van der Waals surface area contributed by atoms with Gasteiger partial charge < -0.3 is 15.4 Å². The summed E-state index contributed by atoms with van der Waals surface area (Å²) in [6, 6.07) is 0.222. The highest BCUT2D eigenvalue weighted by Gasteiger charge is 2.41. The van der Waals surface area contributed by atoms with Crippen molar-refractivity contribution in [2.24, 2.45) is 11.7 Å². The van der Waals surface area contributed by atoms with E-state index in [0.29, 0.717) is 18.9 Å². The van der Waals surface area contributed by atoms with Crippen molar-refractivity contribution in [1.29, 1.82) is 0 Å². The van der Waals surface area contributed by atoms with Crippen LogP contribution in [-0.2, 0) is 9.53 Å². The number of nitrogens with zero attached hydrogens (tertiary/aromatic N) is 1. The van der Waals surface area contributed by atoms with Crippen molar-refractivity contribution in [1.82, 2.24) is 4.90 Å². The molecule has 1 aliphatic heterocycles. The Labute approximate surface area is 110 Å². The minimum absolute atomic E-state index is 0.170. The van der Waals surface area contributed by atoms with Gasteiger partial charge in [-0.15, -0.1) is 0 Å². The highest BCUT2D eigenvalue weighted by Crippen LogP contribution is 2.39. The van der Waals surface area contributed by atoms with Crippen LogP contribution in [0.15, 0.2) is 0 Å². The van der Waals surface area contributed by atoms with Gasteiger partial charge in [-0.3, -0.25) is 4.79 Å². The summed E-state index contributed by atoms with van der Waals surface area (Å²) >= 11 is 0. The summed E-state index contributed by atoms with van der Waals surface area (Å²) in [5, 5.41) is 0. The quantitative estimate of drug-likeness (QED) is 0.828. The summed E-state index contributed by atoms with van der Waals surface area (Å²) in [7, 11) is 1.73. The summed E-state index contributed by atoms with van der Waals surface area (Å²) in [4.78, 5) is 14.5. The van der Waals surface area contributed by atoms with Crippen LogP contribution >= 0.6 is 0 Å². The summed E-state index contributed by atoms with van der Waals surface area (Å²) < 4.78 is 5.55. The van der Waals surface area contributed by atoms with Crippen LogP contribution < -0.4 is 5.73 Å². The molecule has 1 saturated heterocycles. The van der Waals surface area contributed by atoms with Crippen molar-refractivity contribution in [2.45, 2.75) is 57.1 Å². The molecule has 2 aliphatic rings. The second-order valence-corrected chi connectivity index (χ2v) is 5.93. The Hall–Kier alpha value is -0.610. The first-order chi connectivity index (χ1) is 8.62. The van der Waals surface area contributed by atoms with Crippen molar-refractivity contribution >= 4 is 5.91 Å². The highest BCUT2D eigenvalue weighted by atomic mass is 16.5. The van der Waals surface area contributed by atoms with Crippen molar-refractivity contribution < 1.29 is 9.53 Å². The molecule has 2 atom stereocenters. The molecule has 0 radical (unpaired) electrons. The van der Waals surface area contributed by atoms with Gasteiger partial charge >= 0.3 is 0 Å². The monoisotopic (exact) mass is 254 g/mol. The molecule has 0 bridgehead atoms. The molecule has 1 aliphatic carbocycles. The number of carbonyl (C=O) groups excluding carboxylic acids is 1. The van der Waals surface area contributed by atoms with Crippen LogP contribution in [0.5, 0.6) is 0 Å². The van der Waals surface area contributed by atoms with Crippen LogP contribution in [0.2, 0.25) is 0 Å². The van der Waals surface area contributed by atoms with E-state index in [9.17, 15) is 4.79 Å². The molecular formula is C14H26N2O2. The number of nitrogens with two attached hydrogens (primary N) is 1. The summed E-state index contributed by atoms with van der Waals surface area (Å²) in [6.07, 6.45) is 6.03. The molecule has 1 heterocycles. The Bertz CT molecular complexity index is 297. The third-order valence-electron chi connectivity index (χ3n) is 4.85. The Morgan fingerprint density at radius 2 is 2.17 bits per heavy atom. The molecule has 0 spiro atoms. The molecule has 2 fully saturated rings. The molecule has 104 valence electrons. The zero-order valence-corrected chi connectivity index (χ0v) is 11.7. The van der Waals surface area contributed by atoms with Crippen molar-refractivity contribution in [3.05, 3.63) is 0 Å². The smallest absolute Gasteiger partial charge is 0.225 e. The predicted octanol–water partition coefficient (Wildman–Crippen LogP) is 1.53.